The van der Waals surface area contributed by atoms with Gasteiger partial charge in [0.05, 0.1) is 39.1 Å². The molecule has 0 bridgehead atoms. The lowest BCUT2D eigenvalue weighted by atomic mass is 9.98. The van der Waals surface area contributed by atoms with E-state index in [4.69, 9.17) is 24.7 Å². The van der Waals surface area contributed by atoms with Crippen molar-refractivity contribution in [1.82, 2.24) is 0 Å². The zero-order valence-electron chi connectivity index (χ0n) is 18.2. The molecule has 2 N–H and O–H groups in total. The largest absolute Gasteiger partial charge is 0.374 e. The first-order chi connectivity index (χ1) is 15.8. The van der Waals surface area contributed by atoms with Gasteiger partial charge in [-0.05, 0) is 16.7 Å². The summed E-state index contributed by atoms with van der Waals surface area (Å²) in [7, 11) is 0. The Labute approximate surface area is 190 Å². The van der Waals surface area contributed by atoms with Crippen LogP contribution in [0, 0.1) is 0 Å². The van der Waals surface area contributed by atoms with Crippen molar-refractivity contribution in [3.8, 4) is 0 Å². The summed E-state index contributed by atoms with van der Waals surface area (Å²) in [5.74, 6) is 0. The van der Waals surface area contributed by atoms with Gasteiger partial charge in [0.25, 0.3) is 0 Å². The molecule has 1 saturated heterocycles. The minimum atomic E-state index is -0.335. The number of benzene rings is 3. The molecule has 32 heavy (non-hydrogen) atoms. The van der Waals surface area contributed by atoms with Gasteiger partial charge in [0.2, 0.25) is 0 Å². The molecule has 1 heterocycles. The van der Waals surface area contributed by atoms with Crippen LogP contribution in [-0.2, 0) is 38.8 Å². The summed E-state index contributed by atoms with van der Waals surface area (Å²) < 4.78 is 24.7. The predicted molar refractivity (Wildman–Crippen MR) is 124 cm³/mol. The van der Waals surface area contributed by atoms with Crippen molar-refractivity contribution < 1.29 is 18.9 Å². The van der Waals surface area contributed by atoms with Crippen LogP contribution >= 0.6 is 0 Å². The Morgan fingerprint density at radius 2 is 1.12 bits per heavy atom. The van der Waals surface area contributed by atoms with Gasteiger partial charge in [-0.3, -0.25) is 0 Å². The molecule has 0 radical (unpaired) electrons. The maximum Gasteiger partial charge on any atom is 0.114 e. The minimum absolute atomic E-state index is 0.261. The second kappa shape index (κ2) is 11.9. The summed E-state index contributed by atoms with van der Waals surface area (Å²) in [6, 6.07) is 30.0. The van der Waals surface area contributed by atoms with Gasteiger partial charge in [-0.2, -0.15) is 0 Å². The van der Waals surface area contributed by atoms with E-state index >= 15 is 0 Å². The number of hydrogen-bond acceptors (Lipinski definition) is 5. The van der Waals surface area contributed by atoms with Gasteiger partial charge < -0.3 is 24.7 Å². The summed E-state index contributed by atoms with van der Waals surface area (Å²) in [4.78, 5) is 0. The molecule has 0 amide bonds. The van der Waals surface area contributed by atoms with E-state index in [9.17, 15) is 0 Å². The lowest BCUT2D eigenvalue weighted by Gasteiger charge is -2.41. The highest BCUT2D eigenvalue weighted by atomic mass is 16.6. The molecule has 1 aliphatic rings. The lowest BCUT2D eigenvalue weighted by molar-refractivity contribution is -0.204. The molecule has 3 aromatic carbocycles. The highest BCUT2D eigenvalue weighted by Gasteiger charge is 2.41. The van der Waals surface area contributed by atoms with Crippen molar-refractivity contribution in [1.29, 1.82) is 0 Å². The first kappa shape index (κ1) is 22.6. The Morgan fingerprint density at radius 1 is 0.656 bits per heavy atom. The van der Waals surface area contributed by atoms with Crippen molar-refractivity contribution in [2.75, 3.05) is 13.2 Å². The molecule has 5 nitrogen and oxygen atoms in total. The van der Waals surface area contributed by atoms with Crippen LogP contribution in [0.4, 0.5) is 0 Å². The third kappa shape index (κ3) is 6.48. The van der Waals surface area contributed by atoms with E-state index < -0.39 is 0 Å². The van der Waals surface area contributed by atoms with E-state index in [0.29, 0.717) is 33.0 Å². The molecular formula is C27H31NO4. The number of rotatable bonds is 10. The summed E-state index contributed by atoms with van der Waals surface area (Å²) in [5.41, 5.74) is 9.73. The molecule has 5 heteroatoms. The van der Waals surface area contributed by atoms with E-state index in [0.717, 1.165) is 16.7 Å². The SMILES string of the molecule is N[C@@H]1CO[C@H](COCc2ccccc2)[C@H](OCc2ccccc2)[C@@H]1OCc1ccccc1. The standard InChI is InChI=1S/C27H31NO4/c28-24-19-30-25(20-29-16-21-10-4-1-5-11-21)27(32-18-23-14-8-3-9-15-23)26(24)31-17-22-12-6-2-7-13-22/h1-15,24-27H,16-20,28H2/t24-,25-,26-,27+/m1/s1. The van der Waals surface area contributed by atoms with Crippen LogP contribution in [-0.4, -0.2) is 37.6 Å². The molecule has 0 unspecified atom stereocenters. The summed E-state index contributed by atoms with van der Waals surface area (Å²) in [6.45, 7) is 2.27. The first-order valence-electron chi connectivity index (χ1n) is 11.1. The van der Waals surface area contributed by atoms with Crippen molar-refractivity contribution in [3.05, 3.63) is 108 Å². The van der Waals surface area contributed by atoms with Gasteiger partial charge in [0.1, 0.15) is 18.3 Å². The molecule has 0 spiro atoms. The average molecular weight is 434 g/mol. The smallest absolute Gasteiger partial charge is 0.114 e. The average Bonchev–Trinajstić information content (AvgIpc) is 2.85. The van der Waals surface area contributed by atoms with E-state index in [-0.39, 0.29) is 24.4 Å². The zero-order valence-corrected chi connectivity index (χ0v) is 18.2. The number of nitrogens with two attached hydrogens (primary N) is 1. The topological polar surface area (TPSA) is 62.9 Å². The third-order valence-electron chi connectivity index (χ3n) is 5.58. The predicted octanol–water partition coefficient (Wildman–Crippen LogP) is 4.10. The van der Waals surface area contributed by atoms with Crippen LogP contribution in [0.2, 0.25) is 0 Å². The van der Waals surface area contributed by atoms with Crippen LogP contribution in [0.3, 0.4) is 0 Å². The van der Waals surface area contributed by atoms with Crippen molar-refractivity contribution in [2.45, 2.75) is 44.2 Å². The molecule has 4 atom stereocenters. The third-order valence-corrected chi connectivity index (χ3v) is 5.58. The molecule has 4 rings (SSSR count). The molecule has 0 aliphatic carbocycles. The van der Waals surface area contributed by atoms with E-state index in [1.54, 1.807) is 0 Å². The van der Waals surface area contributed by atoms with Crippen molar-refractivity contribution >= 4 is 0 Å². The Hall–Kier alpha value is -2.54. The molecule has 1 fully saturated rings. The fourth-order valence-electron chi connectivity index (χ4n) is 3.84. The molecule has 1 aliphatic heterocycles. The quantitative estimate of drug-likeness (QED) is 0.522. The summed E-state index contributed by atoms with van der Waals surface area (Å²) >= 11 is 0. The number of ether oxygens (including phenoxy) is 4. The maximum atomic E-state index is 6.41. The second-order valence-electron chi connectivity index (χ2n) is 8.06. The number of hydrogen-bond donors (Lipinski definition) is 1. The lowest BCUT2D eigenvalue weighted by Crippen LogP contribution is -2.59. The maximum absolute atomic E-state index is 6.41. The monoisotopic (exact) mass is 433 g/mol. The normalized spacial score (nSPS) is 23.2. The van der Waals surface area contributed by atoms with E-state index in [2.05, 4.69) is 0 Å². The van der Waals surface area contributed by atoms with Crippen LogP contribution in [0.1, 0.15) is 16.7 Å². The Morgan fingerprint density at radius 3 is 1.66 bits per heavy atom. The van der Waals surface area contributed by atoms with Crippen molar-refractivity contribution in [2.24, 2.45) is 5.73 Å². The van der Waals surface area contributed by atoms with Crippen LogP contribution in [0.15, 0.2) is 91.0 Å². The molecular weight excluding hydrogens is 402 g/mol. The van der Waals surface area contributed by atoms with Gasteiger partial charge in [-0.25, -0.2) is 0 Å². The van der Waals surface area contributed by atoms with Crippen LogP contribution in [0.5, 0.6) is 0 Å². The Balaban J connectivity index is 1.42. The van der Waals surface area contributed by atoms with Crippen LogP contribution < -0.4 is 5.73 Å². The second-order valence-corrected chi connectivity index (χ2v) is 8.06. The zero-order chi connectivity index (χ0) is 22.0. The summed E-state index contributed by atoms with van der Waals surface area (Å²) in [5, 5.41) is 0. The molecule has 0 aromatic heterocycles. The Bertz CT molecular complexity index is 907. The molecule has 168 valence electrons. The van der Waals surface area contributed by atoms with Crippen LogP contribution in [0.25, 0.3) is 0 Å². The minimum Gasteiger partial charge on any atom is -0.374 e. The fourth-order valence-corrected chi connectivity index (χ4v) is 3.84. The van der Waals surface area contributed by atoms with Crippen molar-refractivity contribution in [3.63, 3.8) is 0 Å². The van der Waals surface area contributed by atoms with E-state index in [1.807, 2.05) is 91.0 Å². The molecule has 3 aromatic rings. The molecule has 0 saturated carbocycles. The van der Waals surface area contributed by atoms with Gasteiger partial charge in [-0.15, -0.1) is 0 Å². The highest BCUT2D eigenvalue weighted by molar-refractivity contribution is 5.15. The summed E-state index contributed by atoms with van der Waals surface area (Å²) in [6.07, 6.45) is -0.889. The highest BCUT2D eigenvalue weighted by Crippen LogP contribution is 2.24. The van der Waals surface area contributed by atoms with E-state index in [1.165, 1.54) is 0 Å². The fraction of sp³-hybridized carbons (Fsp3) is 0.333. The Kier molecular flexibility index (Phi) is 8.42. The van der Waals surface area contributed by atoms with Gasteiger partial charge >= 0.3 is 0 Å². The van der Waals surface area contributed by atoms with Gasteiger partial charge in [-0.1, -0.05) is 91.0 Å². The first-order valence-corrected chi connectivity index (χ1v) is 11.1. The van der Waals surface area contributed by atoms with Gasteiger partial charge in [0.15, 0.2) is 0 Å². The van der Waals surface area contributed by atoms with Gasteiger partial charge in [0, 0.05) is 0 Å².